The van der Waals surface area contributed by atoms with E-state index < -0.39 is 23.0 Å². The second kappa shape index (κ2) is 13.3. The van der Waals surface area contributed by atoms with Crippen LogP contribution in [0.25, 0.3) is 16.6 Å². The highest BCUT2D eigenvalue weighted by Gasteiger charge is 2.20. The standard InChI is InChI=1S/C32H30FN7O4.ClH/c1-20(2)39-19-26(31(42)40(32(39)43)23-7-3-21(33)4-8-23)30(41)37-22-5-9-24(10-6-22)44-28-11-12-35-27-18-36-29(17-25(27)28)38-15-13-34-14-16-38;/h3-12,17-20,34H,13-16H2,1-2H3,(H,37,41);1H. The Labute approximate surface area is 263 Å². The van der Waals surface area contributed by atoms with Crippen molar-refractivity contribution < 1.29 is 13.9 Å². The Morgan fingerprint density at radius 1 is 1.00 bits per heavy atom. The number of aromatic nitrogens is 4. The van der Waals surface area contributed by atoms with Gasteiger partial charge in [-0.1, -0.05) is 0 Å². The van der Waals surface area contributed by atoms with Crippen LogP contribution in [-0.2, 0) is 0 Å². The third-order valence-corrected chi connectivity index (χ3v) is 7.35. The molecule has 3 aromatic heterocycles. The number of anilines is 2. The van der Waals surface area contributed by atoms with E-state index in [0.29, 0.717) is 22.7 Å². The zero-order valence-electron chi connectivity index (χ0n) is 24.6. The quantitative estimate of drug-likeness (QED) is 0.268. The Balaban J connectivity index is 0.00000400. The Bertz CT molecular complexity index is 1950. The largest absolute Gasteiger partial charge is 0.457 e. The second-order valence-electron chi connectivity index (χ2n) is 10.6. The molecular weight excluding hydrogens is 601 g/mol. The van der Waals surface area contributed by atoms with Crippen LogP contribution in [0.3, 0.4) is 0 Å². The van der Waals surface area contributed by atoms with Crippen LogP contribution in [0.5, 0.6) is 11.5 Å². The van der Waals surface area contributed by atoms with E-state index in [1.165, 1.54) is 22.9 Å². The Kier molecular flexibility index (Phi) is 9.26. The Morgan fingerprint density at radius 3 is 2.40 bits per heavy atom. The second-order valence-corrected chi connectivity index (χ2v) is 10.6. The maximum atomic E-state index is 13.5. The predicted octanol–water partition coefficient (Wildman–Crippen LogP) is 4.54. The molecule has 1 amide bonds. The topological polar surface area (TPSA) is 123 Å². The number of nitrogens with zero attached hydrogens (tertiary/aromatic N) is 5. The molecule has 6 rings (SSSR count). The zero-order chi connectivity index (χ0) is 30.8. The van der Waals surface area contributed by atoms with Crippen molar-refractivity contribution in [2.75, 3.05) is 36.4 Å². The molecule has 0 spiro atoms. The molecule has 0 atom stereocenters. The summed E-state index contributed by atoms with van der Waals surface area (Å²) in [5.41, 5.74) is -0.391. The van der Waals surface area contributed by atoms with Gasteiger partial charge >= 0.3 is 5.69 Å². The van der Waals surface area contributed by atoms with Crippen molar-refractivity contribution in [2.24, 2.45) is 0 Å². The van der Waals surface area contributed by atoms with Crippen molar-refractivity contribution in [1.29, 1.82) is 0 Å². The van der Waals surface area contributed by atoms with Gasteiger partial charge in [-0.3, -0.25) is 19.1 Å². The number of ether oxygens (including phenoxy) is 1. The van der Waals surface area contributed by atoms with Gasteiger partial charge in [-0.25, -0.2) is 18.7 Å². The Morgan fingerprint density at radius 2 is 1.71 bits per heavy atom. The molecule has 5 aromatic rings. The minimum Gasteiger partial charge on any atom is -0.457 e. The molecule has 2 N–H and O–H groups in total. The molecule has 0 bridgehead atoms. The minimum atomic E-state index is -0.810. The van der Waals surface area contributed by atoms with Crippen LogP contribution in [0.4, 0.5) is 15.9 Å². The molecule has 2 aromatic carbocycles. The lowest BCUT2D eigenvalue weighted by atomic mass is 10.2. The number of hydrogen-bond acceptors (Lipinski definition) is 8. The summed E-state index contributed by atoms with van der Waals surface area (Å²) in [7, 11) is 0. The molecule has 0 saturated carbocycles. The zero-order valence-corrected chi connectivity index (χ0v) is 25.4. The van der Waals surface area contributed by atoms with Gasteiger partial charge in [-0.05, 0) is 74.5 Å². The molecule has 232 valence electrons. The van der Waals surface area contributed by atoms with Crippen LogP contribution in [0.2, 0.25) is 0 Å². The van der Waals surface area contributed by atoms with Crippen molar-refractivity contribution in [3.63, 3.8) is 0 Å². The highest BCUT2D eigenvalue weighted by atomic mass is 35.5. The number of amides is 1. The number of piperazine rings is 1. The molecule has 13 heteroatoms. The van der Waals surface area contributed by atoms with E-state index in [0.717, 1.165) is 54.1 Å². The molecule has 11 nitrogen and oxygen atoms in total. The van der Waals surface area contributed by atoms with E-state index in [9.17, 15) is 18.8 Å². The fourth-order valence-corrected chi connectivity index (χ4v) is 5.02. The van der Waals surface area contributed by atoms with Crippen LogP contribution < -0.4 is 31.5 Å². The van der Waals surface area contributed by atoms with E-state index in [2.05, 4.69) is 25.5 Å². The van der Waals surface area contributed by atoms with E-state index in [4.69, 9.17) is 4.74 Å². The summed E-state index contributed by atoms with van der Waals surface area (Å²) in [5, 5.41) is 6.89. The van der Waals surface area contributed by atoms with Gasteiger partial charge in [-0.15, -0.1) is 12.4 Å². The summed E-state index contributed by atoms with van der Waals surface area (Å²) in [6, 6.07) is 15.1. The van der Waals surface area contributed by atoms with Crippen molar-refractivity contribution in [3.8, 4) is 17.2 Å². The maximum Gasteiger partial charge on any atom is 0.335 e. The summed E-state index contributed by atoms with van der Waals surface area (Å²) in [5.74, 6) is 0.798. The third kappa shape index (κ3) is 6.56. The monoisotopic (exact) mass is 631 g/mol. The van der Waals surface area contributed by atoms with Crippen LogP contribution in [-0.4, -0.2) is 51.2 Å². The number of pyridine rings is 2. The van der Waals surface area contributed by atoms with Gasteiger partial charge in [0, 0.05) is 55.7 Å². The first-order chi connectivity index (χ1) is 21.3. The van der Waals surface area contributed by atoms with Gasteiger partial charge in [0.25, 0.3) is 11.5 Å². The molecule has 4 heterocycles. The molecule has 1 aliphatic heterocycles. The first-order valence-electron chi connectivity index (χ1n) is 14.2. The SMILES string of the molecule is CC(C)n1cc(C(=O)Nc2ccc(Oc3ccnc4cnc(N5CCNCC5)cc34)cc2)c(=O)n(-c2ccc(F)cc2)c1=O.Cl. The number of hydrogen-bond donors (Lipinski definition) is 2. The number of carbonyl (C=O) groups excluding carboxylic acids is 1. The lowest BCUT2D eigenvalue weighted by Crippen LogP contribution is -2.43. The van der Waals surface area contributed by atoms with Gasteiger partial charge in [0.2, 0.25) is 0 Å². The third-order valence-electron chi connectivity index (χ3n) is 7.35. The smallest absolute Gasteiger partial charge is 0.335 e. The van der Waals surface area contributed by atoms with E-state index in [1.807, 2.05) is 6.07 Å². The number of halogens is 2. The maximum absolute atomic E-state index is 13.5. The van der Waals surface area contributed by atoms with E-state index >= 15 is 0 Å². The van der Waals surface area contributed by atoms with Gasteiger partial charge in [-0.2, -0.15) is 0 Å². The lowest BCUT2D eigenvalue weighted by molar-refractivity contribution is 0.102. The minimum absolute atomic E-state index is 0. The van der Waals surface area contributed by atoms with Crippen molar-refractivity contribution in [2.45, 2.75) is 19.9 Å². The summed E-state index contributed by atoms with van der Waals surface area (Å²) < 4.78 is 21.9. The van der Waals surface area contributed by atoms with Crippen molar-refractivity contribution in [3.05, 3.63) is 111 Å². The van der Waals surface area contributed by atoms with Gasteiger partial charge in [0.1, 0.15) is 28.7 Å². The first-order valence-corrected chi connectivity index (χ1v) is 14.2. The molecule has 45 heavy (non-hydrogen) atoms. The van der Waals surface area contributed by atoms with Crippen molar-refractivity contribution in [1.82, 2.24) is 24.4 Å². The molecule has 1 aliphatic rings. The number of carbonyl (C=O) groups is 1. The molecule has 0 radical (unpaired) electrons. The number of nitrogens with one attached hydrogen (secondary N) is 2. The summed E-state index contributed by atoms with van der Waals surface area (Å²) in [6.45, 7) is 7.03. The highest BCUT2D eigenvalue weighted by molar-refractivity contribution is 6.03. The van der Waals surface area contributed by atoms with E-state index in [1.54, 1.807) is 56.6 Å². The van der Waals surface area contributed by atoms with Crippen LogP contribution in [0.1, 0.15) is 30.2 Å². The summed E-state index contributed by atoms with van der Waals surface area (Å²) >= 11 is 0. The lowest BCUT2D eigenvalue weighted by Gasteiger charge is -2.28. The predicted molar refractivity (Wildman–Crippen MR) is 173 cm³/mol. The summed E-state index contributed by atoms with van der Waals surface area (Å²) in [6.07, 6.45) is 4.65. The molecule has 0 unspecified atom stereocenters. The number of fused-ring (bicyclic) bond motifs is 1. The first kappa shape index (κ1) is 31.4. The fourth-order valence-electron chi connectivity index (χ4n) is 5.02. The van der Waals surface area contributed by atoms with Gasteiger partial charge < -0.3 is 20.3 Å². The van der Waals surface area contributed by atoms with Gasteiger partial charge in [0.15, 0.2) is 0 Å². The van der Waals surface area contributed by atoms with Crippen molar-refractivity contribution >= 4 is 40.7 Å². The Hall–Kier alpha value is -5.07. The van der Waals surface area contributed by atoms with Crippen LogP contribution in [0.15, 0.2) is 88.8 Å². The normalized spacial score (nSPS) is 13.0. The average Bonchev–Trinajstić information content (AvgIpc) is 3.03. The number of benzene rings is 2. The molecule has 1 saturated heterocycles. The molecule has 0 aliphatic carbocycles. The van der Waals surface area contributed by atoms with E-state index in [-0.39, 0.29) is 29.7 Å². The number of rotatable bonds is 7. The molecular formula is C32H31ClFN7O4. The van der Waals surface area contributed by atoms with Crippen LogP contribution in [0, 0.1) is 5.82 Å². The average molecular weight is 632 g/mol. The van der Waals surface area contributed by atoms with Crippen LogP contribution >= 0.6 is 12.4 Å². The summed E-state index contributed by atoms with van der Waals surface area (Å²) in [4.78, 5) is 50.9. The fraction of sp³-hybridized carbons (Fsp3) is 0.219. The van der Waals surface area contributed by atoms with Gasteiger partial charge in [0.05, 0.1) is 17.4 Å². The molecule has 1 fully saturated rings. The highest BCUT2D eigenvalue weighted by Crippen LogP contribution is 2.31.